The quantitative estimate of drug-likeness (QED) is 0.392. The summed E-state index contributed by atoms with van der Waals surface area (Å²) in [6.07, 6.45) is 5.85. The lowest BCUT2D eigenvalue weighted by Gasteiger charge is -2.21. The molecule has 0 saturated heterocycles. The molecule has 1 aliphatic rings. The summed E-state index contributed by atoms with van der Waals surface area (Å²) in [4.78, 5) is 26.0. The molecular formula is C27H26N6O3. The van der Waals surface area contributed by atoms with Gasteiger partial charge in [-0.1, -0.05) is 18.2 Å². The average molecular weight is 483 g/mol. The Morgan fingerprint density at radius 2 is 1.89 bits per heavy atom. The molecule has 4 aromatic rings. The predicted octanol–water partition coefficient (Wildman–Crippen LogP) is 4.86. The fourth-order valence-corrected chi connectivity index (χ4v) is 4.45. The molecule has 0 spiro atoms. The van der Waals surface area contributed by atoms with Crippen LogP contribution in [0.1, 0.15) is 38.8 Å². The topological polar surface area (TPSA) is 104 Å². The van der Waals surface area contributed by atoms with E-state index in [4.69, 9.17) is 14.6 Å². The van der Waals surface area contributed by atoms with Crippen LogP contribution in [-0.4, -0.2) is 46.2 Å². The van der Waals surface area contributed by atoms with Crippen LogP contribution >= 0.6 is 0 Å². The van der Waals surface area contributed by atoms with Crippen molar-refractivity contribution in [1.29, 1.82) is 0 Å². The zero-order valence-corrected chi connectivity index (χ0v) is 20.5. The van der Waals surface area contributed by atoms with Gasteiger partial charge in [0.25, 0.3) is 0 Å². The van der Waals surface area contributed by atoms with Crippen LogP contribution in [0.5, 0.6) is 5.75 Å². The number of para-hydroxylation sites is 1. The number of aliphatic imine (C=N–C) groups is 1. The van der Waals surface area contributed by atoms with E-state index in [0.717, 1.165) is 34.0 Å². The average Bonchev–Trinajstić information content (AvgIpc) is 3.23. The van der Waals surface area contributed by atoms with Crippen molar-refractivity contribution in [3.63, 3.8) is 0 Å². The monoisotopic (exact) mass is 482 g/mol. The van der Waals surface area contributed by atoms with Crippen LogP contribution in [0.4, 0.5) is 17.3 Å². The normalized spacial score (nSPS) is 14.3. The van der Waals surface area contributed by atoms with Crippen molar-refractivity contribution in [3.05, 3.63) is 82.9 Å². The number of nitrogens with one attached hydrogen (secondary N) is 1. The zero-order chi connectivity index (χ0) is 25.2. The zero-order valence-electron chi connectivity index (χ0n) is 20.5. The number of anilines is 2. The van der Waals surface area contributed by atoms with E-state index in [9.17, 15) is 4.79 Å². The SMILES string of the molecule is COC(=O)c1cc(OC)ccc1Nc1c(C2C=Nc3nccnc3C2)c(C)nn1-c1ccccc1C. The summed E-state index contributed by atoms with van der Waals surface area (Å²) < 4.78 is 12.3. The highest BCUT2D eigenvalue weighted by molar-refractivity contribution is 5.97. The van der Waals surface area contributed by atoms with Gasteiger partial charge in [-0.05, 0) is 43.7 Å². The number of fused-ring (bicyclic) bond motifs is 1. The minimum atomic E-state index is -0.472. The Hall–Kier alpha value is -4.53. The van der Waals surface area contributed by atoms with Gasteiger partial charge in [0.1, 0.15) is 11.6 Å². The molecule has 1 unspecified atom stereocenters. The highest BCUT2D eigenvalue weighted by Gasteiger charge is 2.28. The van der Waals surface area contributed by atoms with Gasteiger partial charge in [-0.25, -0.2) is 19.5 Å². The van der Waals surface area contributed by atoms with Crippen LogP contribution in [0.15, 0.2) is 59.9 Å². The molecule has 2 aromatic heterocycles. The maximum Gasteiger partial charge on any atom is 0.340 e. The van der Waals surface area contributed by atoms with Crippen molar-refractivity contribution in [3.8, 4) is 11.4 Å². The molecular weight excluding hydrogens is 456 g/mol. The first-order valence-electron chi connectivity index (χ1n) is 11.5. The molecule has 182 valence electrons. The summed E-state index contributed by atoms with van der Waals surface area (Å²) in [5.41, 5.74) is 5.56. The van der Waals surface area contributed by atoms with Crippen molar-refractivity contribution in [1.82, 2.24) is 19.7 Å². The van der Waals surface area contributed by atoms with Crippen molar-refractivity contribution >= 4 is 29.5 Å². The third-order valence-electron chi connectivity index (χ3n) is 6.25. The van der Waals surface area contributed by atoms with Crippen LogP contribution in [0, 0.1) is 13.8 Å². The molecule has 5 rings (SSSR count). The number of nitrogens with zero attached hydrogens (tertiary/aromatic N) is 5. The number of aromatic nitrogens is 4. The van der Waals surface area contributed by atoms with Crippen molar-refractivity contribution in [2.45, 2.75) is 26.2 Å². The number of hydrogen-bond acceptors (Lipinski definition) is 8. The smallest absolute Gasteiger partial charge is 0.340 e. The molecule has 0 aliphatic carbocycles. The first-order valence-corrected chi connectivity index (χ1v) is 11.5. The maximum absolute atomic E-state index is 12.7. The summed E-state index contributed by atoms with van der Waals surface area (Å²) in [6, 6.07) is 13.3. The Morgan fingerprint density at radius 1 is 1.08 bits per heavy atom. The van der Waals surface area contributed by atoms with Gasteiger partial charge in [-0.2, -0.15) is 5.10 Å². The molecule has 36 heavy (non-hydrogen) atoms. The predicted molar refractivity (Wildman–Crippen MR) is 137 cm³/mol. The highest BCUT2D eigenvalue weighted by atomic mass is 16.5. The Bertz CT molecular complexity index is 1480. The Morgan fingerprint density at radius 3 is 2.67 bits per heavy atom. The first-order chi connectivity index (χ1) is 17.5. The van der Waals surface area contributed by atoms with E-state index in [1.54, 1.807) is 37.7 Å². The number of ether oxygens (including phenoxy) is 2. The molecule has 0 fully saturated rings. The third-order valence-corrected chi connectivity index (χ3v) is 6.25. The second-order valence-electron chi connectivity index (χ2n) is 8.49. The summed E-state index contributed by atoms with van der Waals surface area (Å²) in [7, 11) is 2.91. The lowest BCUT2D eigenvalue weighted by atomic mass is 9.93. The van der Waals surface area contributed by atoms with Gasteiger partial charge >= 0.3 is 5.97 Å². The summed E-state index contributed by atoms with van der Waals surface area (Å²) in [5, 5.41) is 8.40. The molecule has 0 radical (unpaired) electrons. The van der Waals surface area contributed by atoms with E-state index in [-0.39, 0.29) is 5.92 Å². The lowest BCUT2D eigenvalue weighted by Crippen LogP contribution is -2.14. The van der Waals surface area contributed by atoms with Gasteiger partial charge in [0.15, 0.2) is 5.82 Å². The summed E-state index contributed by atoms with van der Waals surface area (Å²) in [6.45, 7) is 4.02. The number of methoxy groups -OCH3 is 2. The number of esters is 1. The van der Waals surface area contributed by atoms with Gasteiger partial charge in [0.05, 0.1) is 42.5 Å². The molecule has 9 heteroatoms. The molecule has 0 amide bonds. The maximum atomic E-state index is 12.7. The van der Waals surface area contributed by atoms with Crippen LogP contribution < -0.4 is 10.1 Å². The largest absolute Gasteiger partial charge is 0.497 e. The number of carbonyl (C=O) groups is 1. The van der Waals surface area contributed by atoms with Gasteiger partial charge in [0, 0.05) is 36.5 Å². The van der Waals surface area contributed by atoms with E-state index in [2.05, 4.69) is 20.3 Å². The van der Waals surface area contributed by atoms with Gasteiger partial charge in [-0.3, -0.25) is 4.98 Å². The van der Waals surface area contributed by atoms with Crippen molar-refractivity contribution in [2.75, 3.05) is 19.5 Å². The minimum Gasteiger partial charge on any atom is -0.497 e. The number of hydrogen-bond donors (Lipinski definition) is 1. The fourth-order valence-electron chi connectivity index (χ4n) is 4.45. The first kappa shape index (κ1) is 23.2. The fraction of sp³-hybridized carbons (Fsp3) is 0.222. The van der Waals surface area contributed by atoms with Gasteiger partial charge < -0.3 is 14.8 Å². The van der Waals surface area contributed by atoms with E-state index >= 15 is 0 Å². The third kappa shape index (κ3) is 4.19. The standard InChI is InChI=1S/C27H26N6O3/c1-16-7-5-6-8-23(16)33-26(31-21-10-9-19(35-3)14-20(21)27(34)36-4)24(17(2)32-33)18-13-22-25(30-15-18)29-12-11-28-22/h5-12,14-15,18,31H,13H2,1-4H3. The molecule has 1 aliphatic heterocycles. The molecule has 2 aromatic carbocycles. The molecule has 1 N–H and O–H groups in total. The molecule has 0 saturated carbocycles. The van der Waals surface area contributed by atoms with Crippen LogP contribution in [-0.2, 0) is 11.2 Å². The molecule has 1 atom stereocenters. The van der Waals surface area contributed by atoms with Crippen LogP contribution in [0.2, 0.25) is 0 Å². The summed E-state index contributed by atoms with van der Waals surface area (Å²) >= 11 is 0. The van der Waals surface area contributed by atoms with Crippen LogP contribution in [0.25, 0.3) is 5.69 Å². The number of aryl methyl sites for hydroxylation is 2. The second kappa shape index (κ2) is 9.61. The van der Waals surface area contributed by atoms with Gasteiger partial charge in [0.2, 0.25) is 0 Å². The van der Waals surface area contributed by atoms with Gasteiger partial charge in [-0.15, -0.1) is 0 Å². The van der Waals surface area contributed by atoms with E-state index in [1.165, 1.54) is 7.11 Å². The molecule has 3 heterocycles. The number of benzene rings is 2. The minimum absolute atomic E-state index is 0.0886. The summed E-state index contributed by atoms with van der Waals surface area (Å²) in [5.74, 6) is 1.37. The number of carbonyl (C=O) groups excluding carboxylic acids is 1. The second-order valence-corrected chi connectivity index (χ2v) is 8.49. The van der Waals surface area contributed by atoms with Crippen molar-refractivity contribution < 1.29 is 14.3 Å². The Balaban J connectivity index is 1.67. The number of rotatable bonds is 6. The van der Waals surface area contributed by atoms with E-state index in [1.807, 2.05) is 49.0 Å². The Labute approximate surface area is 208 Å². The Kier molecular flexibility index (Phi) is 6.20. The highest BCUT2D eigenvalue weighted by Crippen LogP contribution is 2.38. The van der Waals surface area contributed by atoms with Crippen LogP contribution in [0.3, 0.4) is 0 Å². The van der Waals surface area contributed by atoms with Crippen molar-refractivity contribution in [2.24, 2.45) is 4.99 Å². The van der Waals surface area contributed by atoms with E-state index < -0.39 is 5.97 Å². The molecule has 9 nitrogen and oxygen atoms in total. The molecule has 0 bridgehead atoms. The lowest BCUT2D eigenvalue weighted by molar-refractivity contribution is 0.0601. The van der Waals surface area contributed by atoms with E-state index in [0.29, 0.717) is 29.2 Å².